The fourth-order valence-corrected chi connectivity index (χ4v) is 2.44. The molecule has 1 aromatic carbocycles. The Balaban J connectivity index is 2.40. The van der Waals surface area contributed by atoms with E-state index in [1.165, 1.54) is 41.3 Å². The number of aryl methyl sites for hydroxylation is 2. The highest BCUT2D eigenvalue weighted by Gasteiger charge is 2.17. The number of H-pyrrole nitrogens is 1. The molecule has 0 saturated heterocycles. The molecule has 0 aliphatic heterocycles. The molecule has 1 aliphatic carbocycles. The maximum Gasteiger partial charge on any atom is 0.128 e. The Morgan fingerprint density at radius 1 is 1.36 bits per heavy atom. The van der Waals surface area contributed by atoms with Crippen LogP contribution >= 0.6 is 0 Å². The molecular weight excluding hydrogens is 174 g/mol. The molecule has 0 fully saturated rings. The summed E-state index contributed by atoms with van der Waals surface area (Å²) >= 11 is 0. The van der Waals surface area contributed by atoms with Crippen molar-refractivity contribution < 1.29 is 4.74 Å². The highest BCUT2D eigenvalue weighted by molar-refractivity contribution is 5.90. The molecule has 2 aromatic rings. The number of ether oxygens (including phenoxy) is 1. The second-order valence-electron chi connectivity index (χ2n) is 3.84. The Bertz CT molecular complexity index is 484. The Kier molecular flexibility index (Phi) is 1.57. The van der Waals surface area contributed by atoms with E-state index in [1.807, 2.05) is 6.20 Å². The molecule has 0 bridgehead atoms. The lowest BCUT2D eigenvalue weighted by molar-refractivity contribution is 0.419. The first kappa shape index (κ1) is 7.92. The van der Waals surface area contributed by atoms with Crippen LogP contribution in [0.2, 0.25) is 0 Å². The summed E-state index contributed by atoms with van der Waals surface area (Å²) in [4.78, 5) is 3.31. The van der Waals surface area contributed by atoms with E-state index in [9.17, 15) is 0 Å². The monoisotopic (exact) mass is 187 g/mol. The maximum atomic E-state index is 5.39. The van der Waals surface area contributed by atoms with Crippen molar-refractivity contribution >= 4 is 10.9 Å². The molecule has 0 atom stereocenters. The van der Waals surface area contributed by atoms with Crippen molar-refractivity contribution in [2.45, 2.75) is 19.3 Å². The standard InChI is InChI=1S/C12H13NO/c1-14-11-7-8-3-2-4-9(8)12-10(11)5-6-13-12/h5-7,13H,2-4H2,1H3. The number of hydrogen-bond acceptors (Lipinski definition) is 1. The van der Waals surface area contributed by atoms with Gasteiger partial charge in [0.1, 0.15) is 5.75 Å². The van der Waals surface area contributed by atoms with Crippen molar-refractivity contribution in [2.24, 2.45) is 0 Å². The molecule has 1 heterocycles. The van der Waals surface area contributed by atoms with Gasteiger partial charge in [0.05, 0.1) is 12.6 Å². The van der Waals surface area contributed by atoms with Gasteiger partial charge >= 0.3 is 0 Å². The van der Waals surface area contributed by atoms with Gasteiger partial charge in [-0.3, -0.25) is 0 Å². The molecule has 14 heavy (non-hydrogen) atoms. The van der Waals surface area contributed by atoms with Crippen LogP contribution in [0.1, 0.15) is 17.5 Å². The second-order valence-corrected chi connectivity index (χ2v) is 3.84. The van der Waals surface area contributed by atoms with Crippen LogP contribution in [0, 0.1) is 0 Å². The minimum atomic E-state index is 1.00. The average molecular weight is 187 g/mol. The number of benzene rings is 1. The summed E-state index contributed by atoms with van der Waals surface area (Å²) in [7, 11) is 1.74. The lowest BCUT2D eigenvalue weighted by atomic mass is 10.1. The first-order valence-corrected chi connectivity index (χ1v) is 5.06. The number of fused-ring (bicyclic) bond motifs is 3. The predicted octanol–water partition coefficient (Wildman–Crippen LogP) is 2.67. The zero-order valence-electron chi connectivity index (χ0n) is 8.26. The molecule has 1 aliphatic rings. The number of aromatic nitrogens is 1. The van der Waals surface area contributed by atoms with E-state index in [-0.39, 0.29) is 0 Å². The van der Waals surface area contributed by atoms with Crippen molar-refractivity contribution in [1.29, 1.82) is 0 Å². The molecule has 2 nitrogen and oxygen atoms in total. The predicted molar refractivity (Wildman–Crippen MR) is 56.9 cm³/mol. The molecule has 0 radical (unpaired) electrons. The molecule has 0 amide bonds. The van der Waals surface area contributed by atoms with Gasteiger partial charge in [0.2, 0.25) is 0 Å². The van der Waals surface area contributed by atoms with E-state index in [0.717, 1.165) is 5.75 Å². The summed E-state index contributed by atoms with van der Waals surface area (Å²) in [6.45, 7) is 0. The minimum Gasteiger partial charge on any atom is -0.496 e. The smallest absolute Gasteiger partial charge is 0.128 e. The largest absolute Gasteiger partial charge is 0.496 e. The SMILES string of the molecule is COc1cc2c(c3[nH]ccc13)CCC2. The molecule has 72 valence electrons. The van der Waals surface area contributed by atoms with Gasteiger partial charge in [0.25, 0.3) is 0 Å². The summed E-state index contributed by atoms with van der Waals surface area (Å²) in [5, 5.41) is 1.22. The van der Waals surface area contributed by atoms with Gasteiger partial charge in [-0.05, 0) is 42.5 Å². The highest BCUT2D eigenvalue weighted by Crippen LogP contribution is 2.35. The lowest BCUT2D eigenvalue weighted by Gasteiger charge is -2.06. The topological polar surface area (TPSA) is 25.0 Å². The first-order valence-electron chi connectivity index (χ1n) is 5.06. The van der Waals surface area contributed by atoms with E-state index in [4.69, 9.17) is 4.74 Å². The number of rotatable bonds is 1. The van der Waals surface area contributed by atoms with E-state index >= 15 is 0 Å². The number of aromatic amines is 1. The summed E-state index contributed by atoms with van der Waals surface area (Å²) in [5.41, 5.74) is 4.22. The van der Waals surface area contributed by atoms with E-state index in [1.54, 1.807) is 7.11 Å². The van der Waals surface area contributed by atoms with Crippen LogP contribution in [-0.2, 0) is 12.8 Å². The van der Waals surface area contributed by atoms with E-state index in [2.05, 4.69) is 17.1 Å². The van der Waals surface area contributed by atoms with Crippen LogP contribution in [0.3, 0.4) is 0 Å². The van der Waals surface area contributed by atoms with Crippen LogP contribution in [0.15, 0.2) is 18.3 Å². The summed E-state index contributed by atoms with van der Waals surface area (Å²) in [6.07, 6.45) is 5.67. The highest BCUT2D eigenvalue weighted by atomic mass is 16.5. The molecule has 0 spiro atoms. The number of methoxy groups -OCH3 is 1. The van der Waals surface area contributed by atoms with Gasteiger partial charge in [0, 0.05) is 11.6 Å². The van der Waals surface area contributed by atoms with Crippen molar-refractivity contribution in [3.05, 3.63) is 29.5 Å². The van der Waals surface area contributed by atoms with Gasteiger partial charge in [0.15, 0.2) is 0 Å². The summed E-state index contributed by atoms with van der Waals surface area (Å²) < 4.78 is 5.39. The molecule has 1 N–H and O–H groups in total. The van der Waals surface area contributed by atoms with Crippen LogP contribution in [0.25, 0.3) is 10.9 Å². The Morgan fingerprint density at radius 3 is 3.14 bits per heavy atom. The van der Waals surface area contributed by atoms with E-state index in [0.29, 0.717) is 0 Å². The minimum absolute atomic E-state index is 1.00. The summed E-state index contributed by atoms with van der Waals surface area (Å²) in [5.74, 6) is 1.00. The van der Waals surface area contributed by atoms with Crippen molar-refractivity contribution in [2.75, 3.05) is 7.11 Å². The zero-order chi connectivity index (χ0) is 9.54. The van der Waals surface area contributed by atoms with Gasteiger partial charge in [-0.15, -0.1) is 0 Å². The van der Waals surface area contributed by atoms with Crippen molar-refractivity contribution in [3.63, 3.8) is 0 Å². The molecule has 2 heteroatoms. The molecule has 0 unspecified atom stereocenters. The quantitative estimate of drug-likeness (QED) is 0.729. The van der Waals surface area contributed by atoms with Gasteiger partial charge in [-0.2, -0.15) is 0 Å². The van der Waals surface area contributed by atoms with Crippen molar-refractivity contribution in [1.82, 2.24) is 4.98 Å². The van der Waals surface area contributed by atoms with E-state index < -0.39 is 0 Å². The summed E-state index contributed by atoms with van der Waals surface area (Å²) in [6, 6.07) is 4.28. The van der Waals surface area contributed by atoms with Crippen LogP contribution < -0.4 is 4.74 Å². The maximum absolute atomic E-state index is 5.39. The second kappa shape index (κ2) is 2.77. The Hall–Kier alpha value is -1.44. The third kappa shape index (κ3) is 0.910. The Morgan fingerprint density at radius 2 is 2.29 bits per heavy atom. The fourth-order valence-electron chi connectivity index (χ4n) is 2.44. The molecule has 1 aromatic heterocycles. The molecule has 0 saturated carbocycles. The number of hydrogen-bond donors (Lipinski definition) is 1. The average Bonchev–Trinajstić information content (AvgIpc) is 2.83. The first-order chi connectivity index (χ1) is 6.90. The lowest BCUT2D eigenvalue weighted by Crippen LogP contribution is -1.89. The van der Waals surface area contributed by atoms with Gasteiger partial charge in [-0.1, -0.05) is 0 Å². The van der Waals surface area contributed by atoms with Crippen LogP contribution in [-0.4, -0.2) is 12.1 Å². The van der Waals surface area contributed by atoms with Gasteiger partial charge in [-0.25, -0.2) is 0 Å². The Labute approximate surface area is 82.9 Å². The van der Waals surface area contributed by atoms with Crippen molar-refractivity contribution in [3.8, 4) is 5.75 Å². The number of nitrogens with one attached hydrogen (secondary N) is 1. The third-order valence-corrected chi connectivity index (χ3v) is 3.10. The fraction of sp³-hybridized carbons (Fsp3) is 0.333. The third-order valence-electron chi connectivity index (χ3n) is 3.10. The van der Waals surface area contributed by atoms with Crippen LogP contribution in [0.5, 0.6) is 5.75 Å². The molecular formula is C12H13NO. The zero-order valence-corrected chi connectivity index (χ0v) is 8.26. The molecule has 3 rings (SSSR count). The normalized spacial score (nSPS) is 14.6. The van der Waals surface area contributed by atoms with Crippen LogP contribution in [0.4, 0.5) is 0 Å². The van der Waals surface area contributed by atoms with Gasteiger partial charge < -0.3 is 9.72 Å².